The maximum absolute atomic E-state index is 9.50. The zero-order chi connectivity index (χ0) is 12.7. The molecule has 0 heterocycles. The lowest BCUT2D eigenvalue weighted by atomic mass is 9.78. The molecule has 0 radical (unpaired) electrons. The number of aliphatic hydroxyl groups excluding tert-OH is 2. The highest BCUT2D eigenvalue weighted by Crippen LogP contribution is 2.50. The van der Waals surface area contributed by atoms with Crippen LogP contribution < -0.4 is 5.73 Å². The van der Waals surface area contributed by atoms with E-state index in [2.05, 4.69) is 12.1 Å². The number of aliphatic hydroxyl groups is 2. The number of rotatable bonds is 3. The molecule has 1 aliphatic rings. The first-order chi connectivity index (χ1) is 8.72. The molecule has 0 aromatic heterocycles. The first kappa shape index (κ1) is 11.3. The number of nitrogens with two attached hydrogens (primary N) is 1. The summed E-state index contributed by atoms with van der Waals surface area (Å²) in [6.45, 7) is -0.243. The lowest BCUT2D eigenvalue weighted by molar-refractivity contribution is 0.0956. The van der Waals surface area contributed by atoms with Gasteiger partial charge in [-0.2, -0.15) is 0 Å². The Labute approximate surface area is 106 Å². The van der Waals surface area contributed by atoms with Crippen LogP contribution in [0.2, 0.25) is 0 Å². The van der Waals surface area contributed by atoms with Crippen LogP contribution in [0.5, 0.6) is 0 Å². The summed E-state index contributed by atoms with van der Waals surface area (Å²) in [4.78, 5) is 0. The zero-order valence-electron chi connectivity index (χ0n) is 9.93. The molecule has 3 heteroatoms. The van der Waals surface area contributed by atoms with E-state index in [1.807, 2.05) is 24.3 Å². The van der Waals surface area contributed by atoms with Gasteiger partial charge in [0.1, 0.15) is 0 Å². The van der Waals surface area contributed by atoms with Gasteiger partial charge in [-0.05, 0) is 22.3 Å². The van der Waals surface area contributed by atoms with Crippen molar-refractivity contribution in [2.24, 2.45) is 0 Å². The molecule has 0 saturated heterocycles. The summed E-state index contributed by atoms with van der Waals surface area (Å²) < 4.78 is 0. The van der Waals surface area contributed by atoms with Crippen LogP contribution >= 0.6 is 0 Å². The van der Waals surface area contributed by atoms with Gasteiger partial charge in [0.25, 0.3) is 0 Å². The second kappa shape index (κ2) is 4.12. The summed E-state index contributed by atoms with van der Waals surface area (Å²) >= 11 is 0. The predicted molar refractivity (Wildman–Crippen MR) is 72.1 cm³/mol. The number of hydrogen-bond donors (Lipinski definition) is 3. The van der Waals surface area contributed by atoms with Gasteiger partial charge in [0, 0.05) is 17.7 Å². The minimum Gasteiger partial charge on any atom is -0.398 e. The van der Waals surface area contributed by atoms with Crippen LogP contribution in [-0.4, -0.2) is 22.9 Å². The quantitative estimate of drug-likeness (QED) is 0.613. The van der Waals surface area contributed by atoms with Gasteiger partial charge >= 0.3 is 0 Å². The average molecular weight is 241 g/mol. The minimum absolute atomic E-state index is 0.243. The Morgan fingerprint density at radius 2 is 1.72 bits per heavy atom. The van der Waals surface area contributed by atoms with Gasteiger partial charge in [0.15, 0.2) is 0 Å². The fourth-order valence-corrected chi connectivity index (χ4v) is 2.55. The predicted octanol–water partition coefficient (Wildman–Crippen LogP) is 1.81. The third-order valence-corrected chi connectivity index (χ3v) is 3.49. The average Bonchev–Trinajstić information content (AvgIpc) is 2.37. The molecule has 3 nitrogen and oxygen atoms in total. The second-order valence-corrected chi connectivity index (χ2v) is 4.65. The molecule has 1 unspecified atom stereocenters. The normalized spacial score (nSPS) is 13.4. The SMILES string of the molecule is Nc1c(CC(O)CO)ccc2c1-c1ccccc1-2. The number of fused-ring (bicyclic) bond motifs is 4. The van der Waals surface area contributed by atoms with Crippen molar-refractivity contribution in [3.8, 4) is 22.3 Å². The summed E-state index contributed by atoms with van der Waals surface area (Å²) in [5.41, 5.74) is 12.4. The molecule has 1 atom stereocenters. The first-order valence-electron chi connectivity index (χ1n) is 6.02. The molecule has 0 aliphatic heterocycles. The highest BCUT2D eigenvalue weighted by atomic mass is 16.3. The molecule has 0 fully saturated rings. The van der Waals surface area contributed by atoms with Gasteiger partial charge < -0.3 is 15.9 Å². The minimum atomic E-state index is -0.749. The molecule has 2 aromatic rings. The van der Waals surface area contributed by atoms with Gasteiger partial charge in [-0.15, -0.1) is 0 Å². The van der Waals surface area contributed by atoms with Crippen LogP contribution in [0.3, 0.4) is 0 Å². The molecule has 0 spiro atoms. The largest absolute Gasteiger partial charge is 0.398 e. The lowest BCUT2D eigenvalue weighted by Gasteiger charge is -2.27. The fourth-order valence-electron chi connectivity index (χ4n) is 2.55. The molecule has 3 rings (SSSR count). The van der Waals surface area contributed by atoms with Gasteiger partial charge in [-0.1, -0.05) is 36.4 Å². The molecule has 92 valence electrons. The summed E-state index contributed by atoms with van der Waals surface area (Å²) in [5, 5.41) is 18.4. The molecule has 18 heavy (non-hydrogen) atoms. The van der Waals surface area contributed by atoms with Crippen molar-refractivity contribution in [2.45, 2.75) is 12.5 Å². The maximum atomic E-state index is 9.50. The third-order valence-electron chi connectivity index (χ3n) is 3.49. The summed E-state index contributed by atoms with van der Waals surface area (Å²) in [5.74, 6) is 0. The van der Waals surface area contributed by atoms with E-state index in [0.29, 0.717) is 6.42 Å². The van der Waals surface area contributed by atoms with Crippen molar-refractivity contribution in [3.05, 3.63) is 42.0 Å². The van der Waals surface area contributed by atoms with E-state index in [1.54, 1.807) is 0 Å². The van der Waals surface area contributed by atoms with Gasteiger partial charge in [-0.25, -0.2) is 0 Å². The van der Waals surface area contributed by atoms with Gasteiger partial charge in [0.05, 0.1) is 12.7 Å². The van der Waals surface area contributed by atoms with E-state index in [1.165, 1.54) is 16.7 Å². The van der Waals surface area contributed by atoms with Gasteiger partial charge in [0.2, 0.25) is 0 Å². The van der Waals surface area contributed by atoms with Crippen LogP contribution in [0, 0.1) is 0 Å². The first-order valence-corrected chi connectivity index (χ1v) is 6.02. The Morgan fingerprint density at radius 3 is 2.44 bits per heavy atom. The van der Waals surface area contributed by atoms with Crippen molar-refractivity contribution in [1.29, 1.82) is 0 Å². The van der Waals surface area contributed by atoms with E-state index in [4.69, 9.17) is 10.8 Å². The lowest BCUT2D eigenvalue weighted by Crippen LogP contribution is -2.17. The van der Waals surface area contributed by atoms with E-state index < -0.39 is 6.10 Å². The summed E-state index contributed by atoms with van der Waals surface area (Å²) in [7, 11) is 0. The van der Waals surface area contributed by atoms with Crippen molar-refractivity contribution < 1.29 is 10.2 Å². The standard InChI is InChI=1S/C15H15NO2/c16-15-9(7-10(18)8-17)5-6-13-11-3-1-2-4-12(11)14(13)15/h1-6,10,17-18H,7-8,16H2. The number of hydrogen-bond acceptors (Lipinski definition) is 3. The number of benzene rings is 2. The Bertz CT molecular complexity index is 607. The molecule has 0 amide bonds. The Kier molecular flexibility index (Phi) is 2.58. The Balaban J connectivity index is 2.02. The zero-order valence-corrected chi connectivity index (χ0v) is 9.93. The monoisotopic (exact) mass is 241 g/mol. The number of anilines is 1. The van der Waals surface area contributed by atoms with E-state index in [-0.39, 0.29) is 6.61 Å². The Hall–Kier alpha value is -1.84. The second-order valence-electron chi connectivity index (χ2n) is 4.65. The van der Waals surface area contributed by atoms with Crippen LogP contribution in [0.4, 0.5) is 5.69 Å². The van der Waals surface area contributed by atoms with Crippen LogP contribution in [0.15, 0.2) is 36.4 Å². The smallest absolute Gasteiger partial charge is 0.0811 e. The topological polar surface area (TPSA) is 66.5 Å². The molecular formula is C15H15NO2. The van der Waals surface area contributed by atoms with Crippen molar-refractivity contribution >= 4 is 5.69 Å². The highest BCUT2D eigenvalue weighted by molar-refractivity contribution is 6.07. The Morgan fingerprint density at radius 1 is 1.00 bits per heavy atom. The molecule has 0 saturated carbocycles. The van der Waals surface area contributed by atoms with Crippen LogP contribution in [0.1, 0.15) is 5.56 Å². The maximum Gasteiger partial charge on any atom is 0.0811 e. The summed E-state index contributed by atoms with van der Waals surface area (Å²) in [6.07, 6.45) is -0.363. The van der Waals surface area contributed by atoms with Crippen molar-refractivity contribution in [1.82, 2.24) is 0 Å². The van der Waals surface area contributed by atoms with E-state index in [0.717, 1.165) is 16.8 Å². The molecule has 2 aromatic carbocycles. The fraction of sp³-hybridized carbons (Fsp3) is 0.200. The molecular weight excluding hydrogens is 226 g/mol. The van der Waals surface area contributed by atoms with Crippen LogP contribution in [0.25, 0.3) is 22.3 Å². The van der Waals surface area contributed by atoms with Crippen molar-refractivity contribution in [3.63, 3.8) is 0 Å². The number of nitrogen functional groups attached to an aromatic ring is 1. The van der Waals surface area contributed by atoms with E-state index in [9.17, 15) is 5.11 Å². The van der Waals surface area contributed by atoms with Crippen molar-refractivity contribution in [2.75, 3.05) is 12.3 Å². The third kappa shape index (κ3) is 1.52. The van der Waals surface area contributed by atoms with Gasteiger partial charge in [-0.3, -0.25) is 0 Å². The summed E-state index contributed by atoms with van der Waals surface area (Å²) in [6, 6.07) is 12.1. The van der Waals surface area contributed by atoms with Crippen LogP contribution in [-0.2, 0) is 6.42 Å². The highest BCUT2D eigenvalue weighted by Gasteiger charge is 2.25. The molecule has 4 N–H and O–H groups in total. The molecule has 1 aliphatic carbocycles. The molecule has 0 bridgehead atoms. The van der Waals surface area contributed by atoms with E-state index >= 15 is 0 Å².